The van der Waals surface area contributed by atoms with Crippen molar-refractivity contribution in [2.75, 3.05) is 11.4 Å². The molecule has 1 aromatic heterocycles. The summed E-state index contributed by atoms with van der Waals surface area (Å²) in [5.41, 5.74) is 3.04. The maximum Gasteiger partial charge on any atom is 0.260 e. The highest BCUT2D eigenvalue weighted by Crippen LogP contribution is 2.24. The van der Waals surface area contributed by atoms with Crippen LogP contribution in [0.3, 0.4) is 0 Å². The Morgan fingerprint density at radius 1 is 1.20 bits per heavy atom. The third-order valence-corrected chi connectivity index (χ3v) is 6.01. The van der Waals surface area contributed by atoms with Crippen LogP contribution in [-0.4, -0.2) is 36.5 Å². The van der Waals surface area contributed by atoms with E-state index >= 15 is 0 Å². The van der Waals surface area contributed by atoms with Crippen molar-refractivity contribution in [1.29, 1.82) is 0 Å². The van der Waals surface area contributed by atoms with E-state index in [0.717, 1.165) is 16.8 Å². The Balaban J connectivity index is 1.79. The lowest BCUT2D eigenvalue weighted by atomic mass is 10.1. The van der Waals surface area contributed by atoms with Crippen LogP contribution in [0.1, 0.15) is 23.4 Å². The second kappa shape index (κ2) is 6.27. The number of carbonyl (C=O) groups excluding carboxylic acids is 1. The molecule has 1 saturated heterocycles. The normalized spacial score (nSPS) is 18.2. The quantitative estimate of drug-likeness (QED) is 0.892. The number of rotatable bonds is 4. The van der Waals surface area contributed by atoms with E-state index in [4.69, 9.17) is 0 Å². The minimum absolute atomic E-state index is 0.0649. The number of anilines is 1. The van der Waals surface area contributed by atoms with E-state index in [9.17, 15) is 13.2 Å². The standard InChI is InChI=1S/C17H22N4O3S/c1-11-5-6-14(9-12(11)2)21-8-7-15(17(21)22)19-25(23,24)16-10-20(4)13(3)18-16/h5-6,9-10,15,19H,7-8H2,1-4H3. The molecule has 1 fully saturated rings. The molecule has 1 aromatic carbocycles. The number of aryl methyl sites for hydroxylation is 4. The molecule has 0 radical (unpaired) electrons. The van der Waals surface area contributed by atoms with Gasteiger partial charge >= 0.3 is 0 Å². The molecule has 1 atom stereocenters. The van der Waals surface area contributed by atoms with E-state index in [1.807, 2.05) is 32.0 Å². The molecule has 134 valence electrons. The fourth-order valence-electron chi connectivity index (χ4n) is 2.84. The Morgan fingerprint density at radius 2 is 1.92 bits per heavy atom. The molecule has 2 aromatic rings. The van der Waals surface area contributed by atoms with Crippen molar-refractivity contribution < 1.29 is 13.2 Å². The number of hydrogen-bond donors (Lipinski definition) is 1. The summed E-state index contributed by atoms with van der Waals surface area (Å²) in [6.45, 7) is 6.21. The van der Waals surface area contributed by atoms with Gasteiger partial charge in [-0.3, -0.25) is 4.79 Å². The minimum Gasteiger partial charge on any atom is -0.337 e. The number of benzene rings is 1. The summed E-state index contributed by atoms with van der Waals surface area (Å²) in [6.07, 6.45) is 1.87. The predicted octanol–water partition coefficient (Wildman–Crippen LogP) is 1.43. The van der Waals surface area contributed by atoms with Gasteiger partial charge in [-0.15, -0.1) is 0 Å². The van der Waals surface area contributed by atoms with Crippen LogP contribution in [0.25, 0.3) is 0 Å². The molecule has 3 rings (SSSR count). The van der Waals surface area contributed by atoms with Gasteiger partial charge in [0.25, 0.3) is 10.0 Å². The van der Waals surface area contributed by atoms with Gasteiger partial charge in [0.15, 0.2) is 5.03 Å². The summed E-state index contributed by atoms with van der Waals surface area (Å²) >= 11 is 0. The maximum absolute atomic E-state index is 12.7. The van der Waals surface area contributed by atoms with Gasteiger partial charge in [-0.1, -0.05) is 6.07 Å². The molecule has 1 N–H and O–H groups in total. The van der Waals surface area contributed by atoms with Crippen LogP contribution in [0.4, 0.5) is 5.69 Å². The van der Waals surface area contributed by atoms with Crippen molar-refractivity contribution in [2.45, 2.75) is 38.3 Å². The van der Waals surface area contributed by atoms with E-state index in [-0.39, 0.29) is 10.9 Å². The molecule has 7 nitrogen and oxygen atoms in total. The van der Waals surface area contributed by atoms with Gasteiger partial charge in [0.05, 0.1) is 0 Å². The first-order valence-corrected chi connectivity index (χ1v) is 9.58. The zero-order chi connectivity index (χ0) is 18.4. The van der Waals surface area contributed by atoms with E-state index < -0.39 is 16.1 Å². The van der Waals surface area contributed by atoms with Crippen molar-refractivity contribution in [3.63, 3.8) is 0 Å². The summed E-state index contributed by atoms with van der Waals surface area (Å²) in [5.74, 6) is 0.356. The van der Waals surface area contributed by atoms with Crippen molar-refractivity contribution in [2.24, 2.45) is 7.05 Å². The number of amides is 1. The van der Waals surface area contributed by atoms with E-state index in [2.05, 4.69) is 9.71 Å². The zero-order valence-corrected chi connectivity index (χ0v) is 15.6. The van der Waals surface area contributed by atoms with Gasteiger partial charge in [0.1, 0.15) is 11.9 Å². The Labute approximate surface area is 147 Å². The second-order valence-electron chi connectivity index (χ2n) is 6.46. The highest BCUT2D eigenvalue weighted by Gasteiger charge is 2.36. The maximum atomic E-state index is 12.7. The van der Waals surface area contributed by atoms with E-state index in [1.165, 1.54) is 6.20 Å². The summed E-state index contributed by atoms with van der Waals surface area (Å²) in [4.78, 5) is 18.3. The smallest absolute Gasteiger partial charge is 0.260 e. The number of sulfonamides is 1. The lowest BCUT2D eigenvalue weighted by Gasteiger charge is -2.18. The first kappa shape index (κ1) is 17.6. The number of nitrogens with one attached hydrogen (secondary N) is 1. The molecule has 1 aliphatic rings. The molecule has 8 heteroatoms. The van der Waals surface area contributed by atoms with E-state index in [0.29, 0.717) is 18.8 Å². The highest BCUT2D eigenvalue weighted by molar-refractivity contribution is 7.89. The van der Waals surface area contributed by atoms with Gasteiger partial charge in [0.2, 0.25) is 5.91 Å². The number of imidazole rings is 1. The molecule has 0 spiro atoms. The highest BCUT2D eigenvalue weighted by atomic mass is 32.2. The molecular weight excluding hydrogens is 340 g/mol. The lowest BCUT2D eigenvalue weighted by molar-refractivity contribution is -0.118. The van der Waals surface area contributed by atoms with Gasteiger partial charge < -0.3 is 9.47 Å². The first-order chi connectivity index (χ1) is 11.7. The topological polar surface area (TPSA) is 84.3 Å². The third-order valence-electron chi connectivity index (χ3n) is 4.67. The molecule has 1 aliphatic heterocycles. The molecule has 0 aliphatic carbocycles. The van der Waals surface area contributed by atoms with Crippen molar-refractivity contribution in [1.82, 2.24) is 14.3 Å². The fraction of sp³-hybridized carbons (Fsp3) is 0.412. The molecule has 0 bridgehead atoms. The molecule has 1 amide bonds. The lowest BCUT2D eigenvalue weighted by Crippen LogP contribution is -2.41. The Bertz CT molecular complexity index is 914. The van der Waals surface area contributed by atoms with Crippen LogP contribution in [0, 0.1) is 20.8 Å². The zero-order valence-electron chi connectivity index (χ0n) is 14.8. The average molecular weight is 362 g/mol. The monoisotopic (exact) mass is 362 g/mol. The largest absolute Gasteiger partial charge is 0.337 e. The van der Waals surface area contributed by atoms with Crippen LogP contribution >= 0.6 is 0 Å². The van der Waals surface area contributed by atoms with Crippen LogP contribution in [0.5, 0.6) is 0 Å². The molecule has 25 heavy (non-hydrogen) atoms. The van der Waals surface area contributed by atoms with Gasteiger partial charge in [-0.05, 0) is 50.5 Å². The number of nitrogens with zero attached hydrogens (tertiary/aromatic N) is 3. The fourth-order valence-corrected chi connectivity index (χ4v) is 4.11. The first-order valence-electron chi connectivity index (χ1n) is 8.10. The summed E-state index contributed by atoms with van der Waals surface area (Å²) < 4.78 is 29.1. The van der Waals surface area contributed by atoms with Crippen LogP contribution in [-0.2, 0) is 21.9 Å². The van der Waals surface area contributed by atoms with E-state index in [1.54, 1.807) is 23.4 Å². The Kier molecular flexibility index (Phi) is 4.42. The summed E-state index contributed by atoms with van der Waals surface area (Å²) in [5, 5.41) is -0.0649. The van der Waals surface area contributed by atoms with Gasteiger partial charge in [-0.25, -0.2) is 13.4 Å². The van der Waals surface area contributed by atoms with Gasteiger partial charge in [0, 0.05) is 25.5 Å². The number of carbonyl (C=O) groups is 1. The molecular formula is C17H22N4O3S. The van der Waals surface area contributed by atoms with Crippen molar-refractivity contribution in [3.05, 3.63) is 41.3 Å². The summed E-state index contributed by atoms with van der Waals surface area (Å²) in [7, 11) is -2.10. The number of aromatic nitrogens is 2. The Hall–Kier alpha value is -2.19. The van der Waals surface area contributed by atoms with Crippen molar-refractivity contribution in [3.8, 4) is 0 Å². The van der Waals surface area contributed by atoms with Gasteiger partial charge in [-0.2, -0.15) is 4.72 Å². The SMILES string of the molecule is Cc1ccc(N2CCC(NS(=O)(=O)c3cn(C)c(C)n3)C2=O)cc1C. The summed E-state index contributed by atoms with van der Waals surface area (Å²) in [6, 6.07) is 5.03. The second-order valence-corrected chi connectivity index (χ2v) is 8.12. The minimum atomic E-state index is -3.83. The van der Waals surface area contributed by atoms with Crippen LogP contribution in [0.2, 0.25) is 0 Å². The average Bonchev–Trinajstić information content (AvgIpc) is 3.06. The third kappa shape index (κ3) is 3.32. The number of hydrogen-bond acceptors (Lipinski definition) is 4. The predicted molar refractivity (Wildman–Crippen MR) is 94.9 cm³/mol. The van der Waals surface area contributed by atoms with Crippen LogP contribution < -0.4 is 9.62 Å². The Morgan fingerprint density at radius 3 is 2.52 bits per heavy atom. The van der Waals surface area contributed by atoms with Crippen LogP contribution in [0.15, 0.2) is 29.4 Å². The molecule has 0 saturated carbocycles. The molecule has 2 heterocycles. The van der Waals surface area contributed by atoms with Crippen molar-refractivity contribution >= 4 is 21.6 Å². The molecule has 1 unspecified atom stereocenters.